The molecule has 0 spiro atoms. The van der Waals surface area contributed by atoms with Crippen LogP contribution in [0.5, 0.6) is 0 Å². The van der Waals surface area contributed by atoms with E-state index in [9.17, 15) is 31.4 Å². The van der Waals surface area contributed by atoms with Crippen molar-refractivity contribution in [2.45, 2.75) is 18.5 Å². The second kappa shape index (κ2) is 5.02. The van der Waals surface area contributed by atoms with Crippen molar-refractivity contribution in [1.29, 1.82) is 0 Å². The van der Waals surface area contributed by atoms with Gasteiger partial charge in [0.25, 0.3) is 0 Å². The minimum Gasteiger partial charge on any atom is -0.376 e. The van der Waals surface area contributed by atoms with Gasteiger partial charge >= 0.3 is 18.1 Å². The molecule has 1 aromatic carbocycles. The first-order valence-corrected chi connectivity index (χ1v) is 4.72. The SMILES string of the molecule is [N-]=[N+]=C(C(O)c1ccccc1C(F)(F)F)C(F)(F)F. The van der Waals surface area contributed by atoms with Crippen LogP contribution < -0.4 is 0 Å². The van der Waals surface area contributed by atoms with Gasteiger partial charge in [-0.15, -0.1) is 0 Å². The third kappa shape index (κ3) is 3.33. The fraction of sp³-hybridized carbons (Fsp3) is 0.300. The number of benzene rings is 1. The van der Waals surface area contributed by atoms with Gasteiger partial charge in [-0.3, -0.25) is 0 Å². The molecule has 0 saturated carbocycles. The molecule has 1 rings (SSSR count). The Labute approximate surface area is 102 Å². The summed E-state index contributed by atoms with van der Waals surface area (Å²) in [6.45, 7) is 0. The Morgan fingerprint density at radius 3 is 2.05 bits per heavy atom. The number of hydrogen-bond donors (Lipinski definition) is 1. The molecule has 1 unspecified atom stereocenters. The Hall–Kier alpha value is -1.86. The van der Waals surface area contributed by atoms with Crippen molar-refractivity contribution >= 4 is 5.71 Å². The third-order valence-electron chi connectivity index (χ3n) is 2.22. The van der Waals surface area contributed by atoms with Crippen molar-refractivity contribution in [2.75, 3.05) is 0 Å². The van der Waals surface area contributed by atoms with Crippen LogP contribution in [0.3, 0.4) is 0 Å². The van der Waals surface area contributed by atoms with Gasteiger partial charge in [-0.2, -0.15) is 31.1 Å². The average Bonchev–Trinajstić information content (AvgIpc) is 2.26. The molecule has 0 bridgehead atoms. The zero-order chi connectivity index (χ0) is 14.8. The Balaban J connectivity index is 3.36. The van der Waals surface area contributed by atoms with Gasteiger partial charge in [0.2, 0.25) is 0 Å². The molecule has 1 atom stereocenters. The summed E-state index contributed by atoms with van der Waals surface area (Å²) in [4.78, 5) is 1.83. The second-order valence-corrected chi connectivity index (χ2v) is 3.47. The smallest absolute Gasteiger partial charge is 0.376 e. The van der Waals surface area contributed by atoms with E-state index >= 15 is 0 Å². The van der Waals surface area contributed by atoms with Gasteiger partial charge in [-0.25, -0.2) is 0 Å². The number of rotatable bonds is 2. The normalized spacial score (nSPS) is 13.8. The van der Waals surface area contributed by atoms with Crippen molar-refractivity contribution in [3.63, 3.8) is 0 Å². The number of halogens is 6. The summed E-state index contributed by atoms with van der Waals surface area (Å²) in [5, 5.41) is 9.35. The van der Waals surface area contributed by atoms with Crippen LogP contribution in [0.4, 0.5) is 26.3 Å². The van der Waals surface area contributed by atoms with E-state index in [0.717, 1.165) is 12.1 Å². The van der Waals surface area contributed by atoms with Crippen LogP contribution in [0.1, 0.15) is 17.2 Å². The summed E-state index contributed by atoms with van der Waals surface area (Å²) in [7, 11) is 0. The van der Waals surface area contributed by atoms with Crippen molar-refractivity contribution in [3.8, 4) is 0 Å². The maximum absolute atomic E-state index is 12.6. The molecule has 1 aromatic rings. The van der Waals surface area contributed by atoms with E-state index in [0.29, 0.717) is 12.1 Å². The first-order valence-electron chi connectivity index (χ1n) is 4.72. The molecular formula is C10H6F6N2O. The highest BCUT2D eigenvalue weighted by molar-refractivity contribution is 5.89. The van der Waals surface area contributed by atoms with Crippen molar-refractivity contribution in [3.05, 3.63) is 40.9 Å². The van der Waals surface area contributed by atoms with Gasteiger partial charge in [0.15, 0.2) is 6.10 Å². The molecule has 3 nitrogen and oxygen atoms in total. The van der Waals surface area contributed by atoms with Gasteiger partial charge in [0.05, 0.1) is 5.56 Å². The summed E-state index contributed by atoms with van der Waals surface area (Å²) in [6.07, 6.45) is -12.9. The Morgan fingerprint density at radius 2 is 1.63 bits per heavy atom. The maximum Gasteiger partial charge on any atom is 0.493 e. The van der Waals surface area contributed by atoms with E-state index in [1.165, 1.54) is 0 Å². The van der Waals surface area contributed by atoms with E-state index in [-0.39, 0.29) is 0 Å². The molecular weight excluding hydrogens is 278 g/mol. The zero-order valence-electron chi connectivity index (χ0n) is 9.00. The van der Waals surface area contributed by atoms with Crippen molar-refractivity contribution in [2.24, 2.45) is 0 Å². The van der Waals surface area contributed by atoms with E-state index in [1.54, 1.807) is 0 Å². The number of hydrogen-bond acceptors (Lipinski definition) is 1. The van der Waals surface area contributed by atoms with Gasteiger partial charge in [0.1, 0.15) is 0 Å². The monoisotopic (exact) mass is 284 g/mol. The van der Waals surface area contributed by atoms with E-state index in [4.69, 9.17) is 5.53 Å². The summed E-state index contributed by atoms with van der Waals surface area (Å²) in [6, 6.07) is 3.18. The minimum atomic E-state index is -5.26. The number of alkyl halides is 6. The maximum atomic E-state index is 12.6. The first kappa shape index (κ1) is 15.2. The lowest BCUT2D eigenvalue weighted by molar-refractivity contribution is -0.141. The van der Waals surface area contributed by atoms with Crippen molar-refractivity contribution < 1.29 is 36.2 Å². The quantitative estimate of drug-likeness (QED) is 0.386. The molecule has 0 aliphatic carbocycles. The lowest BCUT2D eigenvalue weighted by atomic mass is 9.98. The molecule has 0 fully saturated rings. The average molecular weight is 284 g/mol. The molecule has 0 aromatic heterocycles. The lowest BCUT2D eigenvalue weighted by Gasteiger charge is -2.15. The number of nitrogens with zero attached hydrogens (tertiary/aromatic N) is 2. The number of aliphatic hydroxyl groups is 1. The van der Waals surface area contributed by atoms with Gasteiger partial charge in [-0.1, -0.05) is 18.2 Å². The van der Waals surface area contributed by atoms with E-state index < -0.39 is 35.3 Å². The van der Waals surface area contributed by atoms with Gasteiger partial charge in [-0.05, 0) is 6.07 Å². The van der Waals surface area contributed by atoms with Crippen molar-refractivity contribution in [1.82, 2.24) is 0 Å². The molecule has 0 amide bonds. The van der Waals surface area contributed by atoms with Crippen LogP contribution in [0.15, 0.2) is 24.3 Å². The Morgan fingerprint density at radius 1 is 1.11 bits per heavy atom. The van der Waals surface area contributed by atoms with Crippen LogP contribution in [0, 0.1) is 0 Å². The van der Waals surface area contributed by atoms with E-state index in [1.807, 2.05) is 4.79 Å². The Bertz CT molecular complexity index is 515. The molecule has 9 heteroatoms. The minimum absolute atomic E-state index is 0.518. The Kier molecular flexibility index (Phi) is 4.02. The van der Waals surface area contributed by atoms with Crippen LogP contribution in [0.25, 0.3) is 5.53 Å². The first-order chi connectivity index (χ1) is 8.59. The predicted octanol–water partition coefficient (Wildman–Crippen LogP) is 2.97. The van der Waals surface area contributed by atoms with Crippen LogP contribution in [-0.2, 0) is 6.18 Å². The molecule has 0 radical (unpaired) electrons. The highest BCUT2D eigenvalue weighted by atomic mass is 19.4. The topological polar surface area (TPSA) is 56.6 Å². The predicted molar refractivity (Wildman–Crippen MR) is 51.1 cm³/mol. The molecule has 19 heavy (non-hydrogen) atoms. The zero-order valence-corrected chi connectivity index (χ0v) is 9.00. The molecule has 0 aliphatic rings. The fourth-order valence-corrected chi connectivity index (χ4v) is 1.41. The number of aliphatic hydroxyl groups excluding tert-OH is 1. The van der Waals surface area contributed by atoms with Gasteiger partial charge in [0, 0.05) is 5.56 Å². The summed E-state index contributed by atoms with van der Waals surface area (Å²) < 4.78 is 74.8. The highest BCUT2D eigenvalue weighted by Gasteiger charge is 2.51. The molecule has 0 heterocycles. The van der Waals surface area contributed by atoms with Crippen LogP contribution >= 0.6 is 0 Å². The van der Waals surface area contributed by atoms with Crippen LogP contribution in [-0.4, -0.2) is 21.8 Å². The largest absolute Gasteiger partial charge is 0.493 e. The standard InChI is InChI=1S/C10H6F6N2O/c11-9(12,13)6-4-2-1-3-5(6)7(19)8(18-17)10(14,15)16/h1-4,7,19H. The van der Waals surface area contributed by atoms with Crippen LogP contribution in [0.2, 0.25) is 0 Å². The highest BCUT2D eigenvalue weighted by Crippen LogP contribution is 2.36. The summed E-state index contributed by atoms with van der Waals surface area (Å²) in [5.74, 6) is 0. The fourth-order valence-electron chi connectivity index (χ4n) is 1.41. The molecule has 0 aliphatic heterocycles. The molecule has 0 saturated heterocycles. The molecule has 1 N–H and O–H groups in total. The van der Waals surface area contributed by atoms with Gasteiger partial charge < -0.3 is 10.6 Å². The van der Waals surface area contributed by atoms with E-state index in [2.05, 4.69) is 0 Å². The molecule has 104 valence electrons. The summed E-state index contributed by atoms with van der Waals surface area (Å²) in [5.41, 5.74) is 3.61. The summed E-state index contributed by atoms with van der Waals surface area (Å²) >= 11 is 0. The lowest BCUT2D eigenvalue weighted by Crippen LogP contribution is -2.31. The second-order valence-electron chi connectivity index (χ2n) is 3.47. The third-order valence-corrected chi connectivity index (χ3v) is 2.22.